The molecule has 1 nitrogen and oxygen atoms in total. The molecule has 0 spiro atoms. The van der Waals surface area contributed by atoms with Crippen LogP contribution in [0.3, 0.4) is 0 Å². The van der Waals surface area contributed by atoms with Gasteiger partial charge in [-0.2, -0.15) is 0 Å². The molecule has 0 saturated heterocycles. The minimum absolute atomic E-state index is 1.11. The number of nitrogens with zero attached hydrogens (tertiary/aromatic N) is 1. The maximum Gasteiger partial charge on any atom is 0.0473 e. The quantitative estimate of drug-likeness (QED) is 0.176. The average molecular weight is 600 g/mol. The van der Waals surface area contributed by atoms with Crippen molar-refractivity contribution in [2.24, 2.45) is 0 Å². The van der Waals surface area contributed by atoms with Crippen molar-refractivity contribution in [3.05, 3.63) is 200 Å². The Morgan fingerprint density at radius 2 is 0.574 bits per heavy atom. The predicted molar refractivity (Wildman–Crippen MR) is 200 cm³/mol. The van der Waals surface area contributed by atoms with Crippen molar-refractivity contribution in [1.82, 2.24) is 0 Å². The summed E-state index contributed by atoms with van der Waals surface area (Å²) in [4.78, 5) is 2.36. The van der Waals surface area contributed by atoms with Crippen molar-refractivity contribution in [2.75, 3.05) is 4.90 Å². The van der Waals surface area contributed by atoms with E-state index < -0.39 is 0 Å². The SMILES string of the molecule is c1ccc(-c2cc(-c3ccccc3)cc(N(c3ccccc3)c3ccc(-c4ccc5cc(-c6ccccc6)ccc5c4)cc3)c2)cc1. The summed E-state index contributed by atoms with van der Waals surface area (Å²) in [5.74, 6) is 0. The molecule has 0 unspecified atom stereocenters. The highest BCUT2D eigenvalue weighted by molar-refractivity contribution is 5.91. The number of anilines is 3. The van der Waals surface area contributed by atoms with Gasteiger partial charge in [-0.3, -0.25) is 0 Å². The van der Waals surface area contributed by atoms with Crippen LogP contribution in [0.25, 0.3) is 55.3 Å². The zero-order valence-electron chi connectivity index (χ0n) is 26.0. The van der Waals surface area contributed by atoms with Crippen LogP contribution in [0.2, 0.25) is 0 Å². The van der Waals surface area contributed by atoms with Crippen molar-refractivity contribution in [3.63, 3.8) is 0 Å². The summed E-state index contributed by atoms with van der Waals surface area (Å²) < 4.78 is 0. The second-order valence-corrected chi connectivity index (χ2v) is 11.9. The van der Waals surface area contributed by atoms with Crippen LogP contribution in [0.1, 0.15) is 0 Å². The highest BCUT2D eigenvalue weighted by Gasteiger charge is 2.16. The van der Waals surface area contributed by atoms with E-state index in [1.54, 1.807) is 0 Å². The largest absolute Gasteiger partial charge is 0.310 e. The molecule has 0 aliphatic rings. The lowest BCUT2D eigenvalue weighted by atomic mass is 9.96. The fraction of sp³-hybridized carbons (Fsp3) is 0. The number of fused-ring (bicyclic) bond motifs is 1. The molecule has 0 amide bonds. The molecule has 0 saturated carbocycles. The van der Waals surface area contributed by atoms with Gasteiger partial charge in [0.1, 0.15) is 0 Å². The first-order valence-electron chi connectivity index (χ1n) is 16.1. The first-order chi connectivity index (χ1) is 23.3. The van der Waals surface area contributed by atoms with Crippen LogP contribution in [0.15, 0.2) is 200 Å². The van der Waals surface area contributed by atoms with Gasteiger partial charge < -0.3 is 4.90 Å². The molecule has 8 rings (SSSR count). The van der Waals surface area contributed by atoms with Crippen LogP contribution in [-0.2, 0) is 0 Å². The van der Waals surface area contributed by atoms with E-state index in [4.69, 9.17) is 0 Å². The lowest BCUT2D eigenvalue weighted by Gasteiger charge is -2.27. The Labute approximate surface area is 276 Å². The van der Waals surface area contributed by atoms with Crippen molar-refractivity contribution < 1.29 is 0 Å². The Balaban J connectivity index is 1.19. The molecule has 8 aromatic carbocycles. The lowest BCUT2D eigenvalue weighted by Crippen LogP contribution is -2.10. The van der Waals surface area contributed by atoms with Crippen molar-refractivity contribution in [3.8, 4) is 44.5 Å². The number of rotatable bonds is 7. The highest BCUT2D eigenvalue weighted by Crippen LogP contribution is 2.40. The number of hydrogen-bond donors (Lipinski definition) is 0. The van der Waals surface area contributed by atoms with Crippen molar-refractivity contribution in [2.45, 2.75) is 0 Å². The summed E-state index contributed by atoms with van der Waals surface area (Å²) in [5, 5.41) is 2.48. The maximum atomic E-state index is 2.36. The summed E-state index contributed by atoms with van der Waals surface area (Å²) in [6.07, 6.45) is 0. The molecule has 222 valence electrons. The molecular formula is C46H33N. The van der Waals surface area contributed by atoms with Gasteiger partial charge in [-0.25, -0.2) is 0 Å². The van der Waals surface area contributed by atoms with Gasteiger partial charge in [0.25, 0.3) is 0 Å². The van der Waals surface area contributed by atoms with Crippen LogP contribution in [0.5, 0.6) is 0 Å². The number of hydrogen-bond acceptors (Lipinski definition) is 1. The zero-order valence-corrected chi connectivity index (χ0v) is 26.0. The smallest absolute Gasteiger partial charge is 0.0473 e. The number of benzene rings is 8. The third-order valence-corrected chi connectivity index (χ3v) is 8.81. The molecule has 8 aromatic rings. The molecule has 0 aliphatic heterocycles. The van der Waals surface area contributed by atoms with Crippen LogP contribution >= 0.6 is 0 Å². The van der Waals surface area contributed by atoms with E-state index in [2.05, 4.69) is 205 Å². The molecule has 0 aromatic heterocycles. The maximum absolute atomic E-state index is 2.36. The molecule has 47 heavy (non-hydrogen) atoms. The summed E-state index contributed by atoms with van der Waals surface area (Å²) in [6, 6.07) is 71.8. The number of para-hydroxylation sites is 1. The van der Waals surface area contributed by atoms with Gasteiger partial charge in [-0.15, -0.1) is 0 Å². The molecule has 0 radical (unpaired) electrons. The zero-order chi connectivity index (χ0) is 31.4. The molecule has 0 aliphatic carbocycles. The third-order valence-electron chi connectivity index (χ3n) is 8.81. The fourth-order valence-corrected chi connectivity index (χ4v) is 6.40. The molecular weight excluding hydrogens is 567 g/mol. The topological polar surface area (TPSA) is 3.24 Å². The lowest BCUT2D eigenvalue weighted by molar-refractivity contribution is 1.28. The second-order valence-electron chi connectivity index (χ2n) is 11.9. The van der Waals surface area contributed by atoms with Crippen molar-refractivity contribution in [1.29, 1.82) is 0 Å². The first kappa shape index (κ1) is 28.3. The third kappa shape index (κ3) is 5.95. The molecule has 0 bridgehead atoms. The summed E-state index contributed by atoms with van der Waals surface area (Å²) >= 11 is 0. The Morgan fingerprint density at radius 1 is 0.213 bits per heavy atom. The molecule has 0 heterocycles. The van der Waals surface area contributed by atoms with Crippen molar-refractivity contribution >= 4 is 27.8 Å². The van der Waals surface area contributed by atoms with Crippen LogP contribution in [0.4, 0.5) is 17.1 Å². The van der Waals surface area contributed by atoms with Gasteiger partial charge in [0.05, 0.1) is 0 Å². The standard InChI is InChI=1S/C46H33N/c1-5-13-34(14-6-1)38-21-23-41-30-39(22-24-40(41)29-38)37-25-27-45(28-26-37)47(44-19-11-4-12-20-44)46-32-42(35-15-7-2-8-16-35)31-43(33-46)36-17-9-3-10-18-36/h1-33H. The monoisotopic (exact) mass is 599 g/mol. The van der Waals surface area contributed by atoms with Gasteiger partial charge in [-0.1, -0.05) is 146 Å². The normalized spacial score (nSPS) is 11.0. The average Bonchev–Trinajstić information content (AvgIpc) is 3.16. The van der Waals surface area contributed by atoms with Crippen LogP contribution in [-0.4, -0.2) is 0 Å². The Bertz CT molecular complexity index is 2200. The van der Waals surface area contributed by atoms with Crippen LogP contribution < -0.4 is 4.90 Å². The second kappa shape index (κ2) is 12.7. The summed E-state index contributed by atoms with van der Waals surface area (Å²) in [6.45, 7) is 0. The molecule has 0 N–H and O–H groups in total. The minimum atomic E-state index is 1.11. The Kier molecular flexibility index (Phi) is 7.63. The van der Waals surface area contributed by atoms with E-state index in [1.165, 1.54) is 55.3 Å². The van der Waals surface area contributed by atoms with Gasteiger partial charge in [0.15, 0.2) is 0 Å². The van der Waals surface area contributed by atoms with E-state index in [0.29, 0.717) is 0 Å². The van der Waals surface area contributed by atoms with E-state index in [1.807, 2.05) is 0 Å². The Hall–Kier alpha value is -6.18. The van der Waals surface area contributed by atoms with Crippen LogP contribution in [0, 0.1) is 0 Å². The molecule has 1 heteroatoms. The predicted octanol–water partition coefficient (Wildman–Crippen LogP) is 13.0. The Morgan fingerprint density at radius 3 is 1.04 bits per heavy atom. The molecule has 0 fully saturated rings. The van der Waals surface area contributed by atoms with E-state index in [0.717, 1.165) is 17.1 Å². The highest BCUT2D eigenvalue weighted by atomic mass is 15.1. The van der Waals surface area contributed by atoms with E-state index >= 15 is 0 Å². The molecule has 0 atom stereocenters. The van der Waals surface area contributed by atoms with Gasteiger partial charge in [0.2, 0.25) is 0 Å². The first-order valence-corrected chi connectivity index (χ1v) is 16.1. The van der Waals surface area contributed by atoms with Gasteiger partial charge in [0, 0.05) is 17.1 Å². The van der Waals surface area contributed by atoms with Gasteiger partial charge in [-0.05, 0) is 110 Å². The van der Waals surface area contributed by atoms with E-state index in [-0.39, 0.29) is 0 Å². The fourth-order valence-electron chi connectivity index (χ4n) is 6.40. The summed E-state index contributed by atoms with van der Waals surface area (Å²) in [7, 11) is 0. The van der Waals surface area contributed by atoms with E-state index in [9.17, 15) is 0 Å². The summed E-state index contributed by atoms with van der Waals surface area (Å²) in [5.41, 5.74) is 13.0. The minimum Gasteiger partial charge on any atom is -0.310 e. The van der Waals surface area contributed by atoms with Gasteiger partial charge >= 0.3 is 0 Å².